The SMILES string of the molecule is COc1ccccc1OCC(=O)NCCOc1ccc(F)cc1F. The van der Waals surface area contributed by atoms with Crippen molar-refractivity contribution in [1.29, 1.82) is 0 Å². The van der Waals surface area contributed by atoms with Crippen LogP contribution >= 0.6 is 0 Å². The Morgan fingerprint density at radius 3 is 2.50 bits per heavy atom. The molecule has 0 aliphatic rings. The summed E-state index contributed by atoms with van der Waals surface area (Å²) in [5, 5.41) is 2.57. The van der Waals surface area contributed by atoms with E-state index in [2.05, 4.69) is 5.32 Å². The maximum atomic E-state index is 13.3. The smallest absolute Gasteiger partial charge is 0.258 e. The van der Waals surface area contributed by atoms with Crippen LogP contribution < -0.4 is 19.5 Å². The zero-order valence-electron chi connectivity index (χ0n) is 13.1. The second-order valence-corrected chi connectivity index (χ2v) is 4.71. The summed E-state index contributed by atoms with van der Waals surface area (Å²) in [5.41, 5.74) is 0. The van der Waals surface area contributed by atoms with Crippen LogP contribution in [0.15, 0.2) is 42.5 Å². The van der Waals surface area contributed by atoms with Crippen molar-refractivity contribution in [3.8, 4) is 17.2 Å². The van der Waals surface area contributed by atoms with E-state index in [4.69, 9.17) is 14.2 Å². The van der Waals surface area contributed by atoms with Crippen LogP contribution in [0.1, 0.15) is 0 Å². The van der Waals surface area contributed by atoms with Gasteiger partial charge in [-0.25, -0.2) is 8.78 Å². The van der Waals surface area contributed by atoms with Crippen molar-refractivity contribution in [3.63, 3.8) is 0 Å². The molecule has 0 bridgehead atoms. The van der Waals surface area contributed by atoms with E-state index in [1.54, 1.807) is 24.3 Å². The zero-order valence-corrected chi connectivity index (χ0v) is 13.1. The molecule has 2 aromatic rings. The molecule has 2 aromatic carbocycles. The van der Waals surface area contributed by atoms with Crippen LogP contribution in [0.4, 0.5) is 8.78 Å². The third-order valence-electron chi connectivity index (χ3n) is 3.00. The Bertz CT molecular complexity index is 694. The highest BCUT2D eigenvalue weighted by Gasteiger charge is 2.07. The first-order valence-electron chi connectivity index (χ1n) is 7.20. The van der Waals surface area contributed by atoms with Gasteiger partial charge in [0, 0.05) is 6.07 Å². The van der Waals surface area contributed by atoms with Gasteiger partial charge in [-0.05, 0) is 24.3 Å². The molecule has 0 saturated carbocycles. The summed E-state index contributed by atoms with van der Waals surface area (Å²) < 4.78 is 41.7. The van der Waals surface area contributed by atoms with Gasteiger partial charge in [0.1, 0.15) is 12.4 Å². The molecule has 0 saturated heterocycles. The second kappa shape index (κ2) is 8.71. The van der Waals surface area contributed by atoms with E-state index in [9.17, 15) is 13.6 Å². The third kappa shape index (κ3) is 5.12. The van der Waals surface area contributed by atoms with Crippen LogP contribution in [0.25, 0.3) is 0 Å². The number of ether oxygens (including phenoxy) is 3. The minimum atomic E-state index is -0.791. The molecule has 0 heterocycles. The van der Waals surface area contributed by atoms with Crippen LogP contribution in [0.2, 0.25) is 0 Å². The van der Waals surface area contributed by atoms with Gasteiger partial charge in [0.15, 0.2) is 29.7 Å². The predicted molar refractivity (Wildman–Crippen MR) is 83.4 cm³/mol. The zero-order chi connectivity index (χ0) is 17.4. The van der Waals surface area contributed by atoms with Gasteiger partial charge >= 0.3 is 0 Å². The normalized spacial score (nSPS) is 10.1. The maximum Gasteiger partial charge on any atom is 0.258 e. The fraction of sp³-hybridized carbons (Fsp3) is 0.235. The molecule has 0 aromatic heterocycles. The number of benzene rings is 2. The number of carbonyl (C=O) groups excluding carboxylic acids is 1. The highest BCUT2D eigenvalue weighted by molar-refractivity contribution is 5.77. The number of methoxy groups -OCH3 is 1. The minimum absolute atomic E-state index is 0.0446. The molecule has 0 aliphatic heterocycles. The summed E-state index contributed by atoms with van der Waals surface area (Å²) in [7, 11) is 1.51. The molecular formula is C17H17F2NO4. The van der Waals surface area contributed by atoms with Crippen LogP contribution in [0, 0.1) is 11.6 Å². The Kier molecular flexibility index (Phi) is 6.36. The average Bonchev–Trinajstić information content (AvgIpc) is 2.58. The van der Waals surface area contributed by atoms with Crippen LogP contribution in [0.5, 0.6) is 17.2 Å². The summed E-state index contributed by atoms with van der Waals surface area (Å²) in [6, 6.07) is 9.98. The second-order valence-electron chi connectivity index (χ2n) is 4.71. The fourth-order valence-corrected chi connectivity index (χ4v) is 1.88. The Hall–Kier alpha value is -2.83. The molecule has 1 amide bonds. The van der Waals surface area contributed by atoms with Gasteiger partial charge in [0.25, 0.3) is 5.91 Å². The minimum Gasteiger partial charge on any atom is -0.493 e. The predicted octanol–water partition coefficient (Wildman–Crippen LogP) is 2.55. The fourth-order valence-electron chi connectivity index (χ4n) is 1.88. The van der Waals surface area contributed by atoms with Gasteiger partial charge in [-0.1, -0.05) is 12.1 Å². The lowest BCUT2D eigenvalue weighted by Gasteiger charge is -2.11. The molecule has 128 valence electrons. The molecule has 0 spiro atoms. The van der Waals surface area contributed by atoms with E-state index in [1.807, 2.05) is 0 Å². The topological polar surface area (TPSA) is 56.8 Å². The number of hydrogen-bond acceptors (Lipinski definition) is 4. The molecule has 0 radical (unpaired) electrons. The van der Waals surface area contributed by atoms with E-state index in [1.165, 1.54) is 13.2 Å². The van der Waals surface area contributed by atoms with Gasteiger partial charge < -0.3 is 19.5 Å². The molecule has 0 atom stereocenters. The molecule has 0 aliphatic carbocycles. The number of carbonyl (C=O) groups is 1. The molecular weight excluding hydrogens is 320 g/mol. The summed E-state index contributed by atoms with van der Waals surface area (Å²) in [4.78, 5) is 11.7. The summed E-state index contributed by atoms with van der Waals surface area (Å²) in [5.74, 6) is -0.914. The van der Waals surface area contributed by atoms with Gasteiger partial charge in [-0.15, -0.1) is 0 Å². The first-order chi connectivity index (χ1) is 11.6. The lowest BCUT2D eigenvalue weighted by molar-refractivity contribution is -0.123. The Morgan fingerprint density at radius 2 is 1.79 bits per heavy atom. The van der Waals surface area contributed by atoms with E-state index < -0.39 is 11.6 Å². The van der Waals surface area contributed by atoms with Crippen molar-refractivity contribution in [2.75, 3.05) is 26.9 Å². The van der Waals surface area contributed by atoms with Crippen LogP contribution in [0.3, 0.4) is 0 Å². The monoisotopic (exact) mass is 337 g/mol. The average molecular weight is 337 g/mol. The van der Waals surface area contributed by atoms with E-state index >= 15 is 0 Å². The Morgan fingerprint density at radius 1 is 1.04 bits per heavy atom. The first-order valence-corrected chi connectivity index (χ1v) is 7.20. The molecule has 2 rings (SSSR count). The number of hydrogen-bond donors (Lipinski definition) is 1. The lowest BCUT2D eigenvalue weighted by Crippen LogP contribution is -2.32. The maximum absolute atomic E-state index is 13.3. The van der Waals surface area contributed by atoms with Gasteiger partial charge in [-0.3, -0.25) is 4.79 Å². The van der Waals surface area contributed by atoms with Crippen molar-refractivity contribution in [2.24, 2.45) is 0 Å². The molecule has 0 unspecified atom stereocenters. The number of para-hydroxylation sites is 2. The van der Waals surface area contributed by atoms with Crippen molar-refractivity contribution in [1.82, 2.24) is 5.32 Å². The molecule has 5 nitrogen and oxygen atoms in total. The number of amides is 1. The van der Waals surface area contributed by atoms with Gasteiger partial charge in [0.2, 0.25) is 0 Å². The molecule has 7 heteroatoms. The molecule has 0 fully saturated rings. The summed E-state index contributed by atoms with van der Waals surface area (Å²) in [6.07, 6.45) is 0. The largest absolute Gasteiger partial charge is 0.493 e. The summed E-state index contributed by atoms with van der Waals surface area (Å²) >= 11 is 0. The Balaban J connectivity index is 1.70. The van der Waals surface area contributed by atoms with E-state index in [0.29, 0.717) is 11.5 Å². The van der Waals surface area contributed by atoms with Crippen molar-refractivity contribution in [3.05, 3.63) is 54.1 Å². The van der Waals surface area contributed by atoms with Crippen molar-refractivity contribution < 1.29 is 27.8 Å². The summed E-state index contributed by atoms with van der Waals surface area (Å²) in [6.45, 7) is 0.0131. The van der Waals surface area contributed by atoms with Crippen LogP contribution in [-0.4, -0.2) is 32.8 Å². The van der Waals surface area contributed by atoms with Crippen LogP contribution in [-0.2, 0) is 4.79 Å². The van der Waals surface area contributed by atoms with Gasteiger partial charge in [0.05, 0.1) is 13.7 Å². The van der Waals surface area contributed by atoms with Crippen molar-refractivity contribution in [2.45, 2.75) is 0 Å². The number of rotatable bonds is 8. The number of nitrogens with one attached hydrogen (secondary N) is 1. The quantitative estimate of drug-likeness (QED) is 0.752. The van der Waals surface area contributed by atoms with E-state index in [-0.39, 0.29) is 31.4 Å². The van der Waals surface area contributed by atoms with Crippen molar-refractivity contribution >= 4 is 5.91 Å². The highest BCUT2D eigenvalue weighted by Crippen LogP contribution is 2.25. The highest BCUT2D eigenvalue weighted by atomic mass is 19.1. The molecule has 1 N–H and O–H groups in total. The van der Waals surface area contributed by atoms with Gasteiger partial charge in [-0.2, -0.15) is 0 Å². The van der Waals surface area contributed by atoms with E-state index in [0.717, 1.165) is 12.1 Å². The first kappa shape index (κ1) is 17.5. The number of halogens is 2. The molecule has 24 heavy (non-hydrogen) atoms. The standard InChI is InChI=1S/C17H17F2NO4/c1-22-15-4-2-3-5-16(15)24-11-17(21)20-8-9-23-14-7-6-12(18)10-13(14)19/h2-7,10H,8-9,11H2,1H3,(H,20,21). The third-order valence-corrected chi connectivity index (χ3v) is 3.00. The lowest BCUT2D eigenvalue weighted by atomic mass is 10.3. The Labute approximate surface area is 138 Å².